The SMILES string of the molecule is CC1c2cc(S(=O)(=O)O)c(N=Nc3ccc(N=Nc4ccc(S(=O)(=O)O)cc4)cc3)c(O)c2C=CC1Nc1ccccc1. The van der Waals surface area contributed by atoms with Crippen LogP contribution in [-0.2, 0) is 20.2 Å². The Morgan fingerprint density at radius 2 is 1.26 bits per heavy atom. The van der Waals surface area contributed by atoms with Gasteiger partial charge in [0.1, 0.15) is 10.6 Å². The molecule has 0 spiro atoms. The van der Waals surface area contributed by atoms with Crippen molar-refractivity contribution in [2.24, 2.45) is 20.5 Å². The molecule has 0 aliphatic heterocycles. The third-order valence-corrected chi connectivity index (χ3v) is 8.46. The minimum Gasteiger partial charge on any atom is -0.505 e. The number of rotatable bonds is 8. The van der Waals surface area contributed by atoms with Crippen molar-refractivity contribution >= 4 is 54.7 Å². The Bertz CT molecular complexity index is 1960. The van der Waals surface area contributed by atoms with Gasteiger partial charge in [0.2, 0.25) is 0 Å². The van der Waals surface area contributed by atoms with E-state index in [0.29, 0.717) is 28.2 Å². The number of benzene rings is 4. The molecule has 12 nitrogen and oxygen atoms in total. The standard InChI is InChI=1S/C29H25N5O7S2/c1-18-25-17-27(43(39,40)41)28(29(35)24(25)15-16-26(18)30-19-5-3-2-4-6-19)34-33-21-9-7-20(8-10-21)31-32-22-11-13-23(14-12-22)42(36,37)38/h2-18,26,30,35H,1H3,(H,36,37,38)(H,39,40,41). The van der Waals surface area contributed by atoms with Gasteiger partial charge in [0.05, 0.1) is 28.0 Å². The number of anilines is 1. The Balaban J connectivity index is 1.38. The molecule has 2 atom stereocenters. The van der Waals surface area contributed by atoms with Crippen molar-refractivity contribution in [3.05, 3.63) is 102 Å². The van der Waals surface area contributed by atoms with Gasteiger partial charge < -0.3 is 10.4 Å². The summed E-state index contributed by atoms with van der Waals surface area (Å²) in [6.07, 6.45) is 3.54. The van der Waals surface area contributed by atoms with E-state index in [2.05, 4.69) is 25.8 Å². The molecular weight excluding hydrogens is 594 g/mol. The molecule has 4 aromatic carbocycles. The fourth-order valence-electron chi connectivity index (χ4n) is 4.47. The molecule has 4 aromatic rings. The summed E-state index contributed by atoms with van der Waals surface area (Å²) in [5.74, 6) is -0.694. The molecule has 1 aliphatic carbocycles. The number of nitrogens with one attached hydrogen (secondary N) is 1. The first-order valence-corrected chi connectivity index (χ1v) is 15.7. The molecule has 4 N–H and O–H groups in total. The van der Waals surface area contributed by atoms with Crippen LogP contribution in [0.3, 0.4) is 0 Å². The largest absolute Gasteiger partial charge is 0.505 e. The summed E-state index contributed by atoms with van der Waals surface area (Å²) in [4.78, 5) is -0.836. The van der Waals surface area contributed by atoms with Gasteiger partial charge in [0, 0.05) is 17.2 Å². The number of hydrogen-bond donors (Lipinski definition) is 4. The van der Waals surface area contributed by atoms with Crippen LogP contribution in [0.1, 0.15) is 24.0 Å². The maximum atomic E-state index is 12.3. The highest BCUT2D eigenvalue weighted by atomic mass is 32.2. The first-order chi connectivity index (χ1) is 20.4. The summed E-state index contributed by atoms with van der Waals surface area (Å²) in [6.45, 7) is 1.88. The Labute approximate surface area is 247 Å². The fourth-order valence-corrected chi connectivity index (χ4v) is 5.61. The van der Waals surface area contributed by atoms with Crippen LogP contribution < -0.4 is 5.32 Å². The molecule has 2 unspecified atom stereocenters. The summed E-state index contributed by atoms with van der Waals surface area (Å²) < 4.78 is 66.0. The minimum atomic E-state index is -4.78. The molecule has 14 heteroatoms. The number of fused-ring (bicyclic) bond motifs is 1. The maximum Gasteiger partial charge on any atom is 0.296 e. The van der Waals surface area contributed by atoms with E-state index in [4.69, 9.17) is 4.55 Å². The van der Waals surface area contributed by atoms with E-state index in [-0.39, 0.29) is 16.9 Å². The first kappa shape index (κ1) is 29.7. The lowest BCUT2D eigenvalue weighted by Gasteiger charge is -2.29. The van der Waals surface area contributed by atoms with Crippen LogP contribution in [-0.4, -0.2) is 37.1 Å². The number of phenolic OH excluding ortho intramolecular Hbond substituents is 1. The van der Waals surface area contributed by atoms with E-state index in [9.17, 15) is 26.5 Å². The molecule has 0 saturated heterocycles. The zero-order valence-electron chi connectivity index (χ0n) is 22.5. The molecule has 0 amide bonds. The zero-order chi connectivity index (χ0) is 30.8. The van der Waals surface area contributed by atoms with E-state index in [1.165, 1.54) is 42.5 Å². The van der Waals surface area contributed by atoms with Crippen molar-refractivity contribution < 1.29 is 31.0 Å². The van der Waals surface area contributed by atoms with Gasteiger partial charge >= 0.3 is 0 Å². The molecule has 0 radical (unpaired) electrons. The number of nitrogens with zero attached hydrogens (tertiary/aromatic N) is 4. The van der Waals surface area contributed by atoms with Crippen LogP contribution in [0, 0.1) is 0 Å². The number of para-hydroxylation sites is 1. The van der Waals surface area contributed by atoms with Crippen LogP contribution in [0.15, 0.2) is 121 Å². The summed E-state index contributed by atoms with van der Waals surface area (Å²) in [5, 5.41) is 30.5. The van der Waals surface area contributed by atoms with E-state index in [0.717, 1.165) is 5.69 Å². The lowest BCUT2D eigenvalue weighted by molar-refractivity contribution is 0.464. The van der Waals surface area contributed by atoms with Crippen LogP contribution >= 0.6 is 0 Å². The van der Waals surface area contributed by atoms with Gasteiger partial charge in [-0.1, -0.05) is 37.3 Å². The molecule has 0 bridgehead atoms. The Morgan fingerprint density at radius 1 is 0.721 bits per heavy atom. The highest BCUT2D eigenvalue weighted by Crippen LogP contribution is 2.45. The van der Waals surface area contributed by atoms with E-state index >= 15 is 0 Å². The number of hydrogen-bond acceptors (Lipinski definition) is 10. The highest BCUT2D eigenvalue weighted by molar-refractivity contribution is 7.86. The molecule has 43 heavy (non-hydrogen) atoms. The molecule has 220 valence electrons. The molecule has 5 rings (SSSR count). The Hall–Kier alpha value is -4.76. The topological polar surface area (TPSA) is 190 Å². The monoisotopic (exact) mass is 619 g/mol. The second-order valence-corrected chi connectivity index (χ2v) is 12.4. The number of azo groups is 2. The van der Waals surface area contributed by atoms with Gasteiger partial charge in [0.25, 0.3) is 20.2 Å². The molecule has 0 heterocycles. The summed E-state index contributed by atoms with van der Waals surface area (Å²) >= 11 is 0. The van der Waals surface area contributed by atoms with E-state index in [1.807, 2.05) is 43.3 Å². The predicted molar refractivity (Wildman–Crippen MR) is 160 cm³/mol. The third kappa shape index (κ3) is 6.84. The quantitative estimate of drug-likeness (QED) is 0.116. The maximum absolute atomic E-state index is 12.3. The fraction of sp³-hybridized carbons (Fsp3) is 0.103. The highest BCUT2D eigenvalue weighted by Gasteiger charge is 2.30. The first-order valence-electron chi connectivity index (χ1n) is 12.8. The van der Waals surface area contributed by atoms with Crippen molar-refractivity contribution in [1.29, 1.82) is 0 Å². The van der Waals surface area contributed by atoms with Crippen LogP contribution in [0.25, 0.3) is 6.08 Å². The molecule has 0 saturated carbocycles. The van der Waals surface area contributed by atoms with Crippen molar-refractivity contribution in [3.63, 3.8) is 0 Å². The summed E-state index contributed by atoms with van der Waals surface area (Å²) in [6, 6.07) is 21.9. The van der Waals surface area contributed by atoms with Gasteiger partial charge in [-0.25, -0.2) is 0 Å². The Morgan fingerprint density at radius 3 is 1.79 bits per heavy atom. The molecular formula is C29H25N5O7S2. The summed E-state index contributed by atoms with van der Waals surface area (Å²) in [7, 11) is -9.09. The normalized spacial score (nSPS) is 16.9. The van der Waals surface area contributed by atoms with Crippen LogP contribution in [0.2, 0.25) is 0 Å². The van der Waals surface area contributed by atoms with Gasteiger partial charge in [-0.3, -0.25) is 9.11 Å². The second kappa shape index (κ2) is 11.9. The number of phenols is 1. The van der Waals surface area contributed by atoms with Crippen molar-refractivity contribution in [2.75, 3.05) is 5.32 Å². The smallest absolute Gasteiger partial charge is 0.296 e. The van der Waals surface area contributed by atoms with Crippen molar-refractivity contribution in [3.8, 4) is 5.75 Å². The van der Waals surface area contributed by atoms with Crippen molar-refractivity contribution in [2.45, 2.75) is 28.7 Å². The van der Waals surface area contributed by atoms with E-state index in [1.54, 1.807) is 18.2 Å². The minimum absolute atomic E-state index is 0.206. The molecule has 0 fully saturated rings. The van der Waals surface area contributed by atoms with Crippen LogP contribution in [0.5, 0.6) is 5.75 Å². The van der Waals surface area contributed by atoms with Gasteiger partial charge in [-0.05, 0) is 72.3 Å². The van der Waals surface area contributed by atoms with Crippen LogP contribution in [0.4, 0.5) is 28.4 Å². The predicted octanol–water partition coefficient (Wildman–Crippen LogP) is 7.33. The Kier molecular flexibility index (Phi) is 8.19. The summed E-state index contributed by atoms with van der Waals surface area (Å²) in [5.41, 5.74) is 2.44. The average molecular weight is 620 g/mol. The molecule has 0 aromatic heterocycles. The number of aromatic hydroxyl groups is 1. The zero-order valence-corrected chi connectivity index (χ0v) is 24.1. The third-order valence-electron chi connectivity index (χ3n) is 6.73. The van der Waals surface area contributed by atoms with Crippen molar-refractivity contribution in [1.82, 2.24) is 0 Å². The molecule has 1 aliphatic rings. The lowest BCUT2D eigenvalue weighted by Crippen LogP contribution is -2.26. The van der Waals surface area contributed by atoms with E-state index < -0.39 is 36.6 Å². The van der Waals surface area contributed by atoms with Gasteiger partial charge in [0.15, 0.2) is 5.75 Å². The second-order valence-electron chi connectivity index (χ2n) is 9.62. The average Bonchev–Trinajstić information content (AvgIpc) is 2.97. The van der Waals surface area contributed by atoms with Gasteiger partial charge in [-0.15, -0.1) is 5.11 Å². The van der Waals surface area contributed by atoms with Gasteiger partial charge in [-0.2, -0.15) is 32.2 Å². The lowest BCUT2D eigenvalue weighted by atomic mass is 9.84.